The van der Waals surface area contributed by atoms with Crippen LogP contribution in [0.3, 0.4) is 0 Å². The Bertz CT molecular complexity index is 495. The molecule has 2 fully saturated rings. The molecular weight excluding hydrogens is 262 g/mol. The van der Waals surface area contributed by atoms with Crippen LogP contribution in [0.15, 0.2) is 24.3 Å². The van der Waals surface area contributed by atoms with E-state index in [-0.39, 0.29) is 6.03 Å². The summed E-state index contributed by atoms with van der Waals surface area (Å²) in [6.07, 6.45) is 5.39. The normalized spacial score (nSPS) is 25.8. The zero-order valence-electron chi connectivity index (χ0n) is 12.8. The third-order valence-corrected chi connectivity index (χ3v) is 4.74. The number of carbonyl (C=O) groups excluding carboxylic acids is 1. The molecule has 2 N–H and O–H groups in total. The van der Waals surface area contributed by atoms with Crippen molar-refractivity contribution in [2.24, 2.45) is 11.8 Å². The van der Waals surface area contributed by atoms with E-state index in [0.29, 0.717) is 0 Å². The molecule has 4 heteroatoms. The van der Waals surface area contributed by atoms with Gasteiger partial charge in [0.25, 0.3) is 0 Å². The largest absolute Gasteiger partial charge is 0.385 e. The Hall–Kier alpha value is -1.71. The molecule has 1 aliphatic heterocycles. The Morgan fingerprint density at radius 2 is 2.10 bits per heavy atom. The van der Waals surface area contributed by atoms with E-state index in [1.54, 1.807) is 4.90 Å². The number of urea groups is 1. The molecule has 0 atom stereocenters. The molecule has 0 aromatic heterocycles. The molecule has 1 aromatic carbocycles. The molecule has 1 saturated carbocycles. The molecule has 0 unspecified atom stereocenters. The first-order valence-corrected chi connectivity index (χ1v) is 8.11. The number of benzene rings is 1. The Morgan fingerprint density at radius 3 is 2.81 bits per heavy atom. The fraction of sp³-hybridized carbons (Fsp3) is 0.588. The van der Waals surface area contributed by atoms with Crippen molar-refractivity contribution in [1.29, 1.82) is 0 Å². The molecule has 1 aromatic rings. The van der Waals surface area contributed by atoms with Crippen molar-refractivity contribution in [3.05, 3.63) is 24.3 Å². The van der Waals surface area contributed by atoms with Gasteiger partial charge in [0.05, 0.1) is 0 Å². The van der Waals surface area contributed by atoms with Gasteiger partial charge in [0.2, 0.25) is 0 Å². The predicted molar refractivity (Wildman–Crippen MR) is 86.8 cm³/mol. The lowest BCUT2D eigenvalue weighted by Gasteiger charge is -2.26. The highest BCUT2D eigenvalue weighted by Gasteiger charge is 2.21. The first-order valence-electron chi connectivity index (χ1n) is 8.11. The third-order valence-electron chi connectivity index (χ3n) is 4.74. The van der Waals surface area contributed by atoms with Gasteiger partial charge < -0.3 is 10.6 Å². The van der Waals surface area contributed by atoms with Crippen LogP contribution in [0.4, 0.5) is 16.2 Å². The van der Waals surface area contributed by atoms with Gasteiger partial charge in [0.15, 0.2) is 0 Å². The summed E-state index contributed by atoms with van der Waals surface area (Å²) >= 11 is 0. The fourth-order valence-corrected chi connectivity index (χ4v) is 3.30. The molecule has 1 saturated heterocycles. The minimum Gasteiger partial charge on any atom is -0.385 e. The van der Waals surface area contributed by atoms with E-state index in [1.165, 1.54) is 25.7 Å². The highest BCUT2D eigenvalue weighted by Crippen LogP contribution is 2.29. The van der Waals surface area contributed by atoms with Gasteiger partial charge in [-0.05, 0) is 42.9 Å². The number of carbonyl (C=O) groups is 1. The lowest BCUT2D eigenvalue weighted by atomic mass is 9.83. The van der Waals surface area contributed by atoms with E-state index in [4.69, 9.17) is 0 Å². The standard InChI is InChI=1S/C17H25N3O/c1-13-5-7-14(8-6-13)12-19-15-3-2-4-16(11-15)20-10-9-18-17(20)21/h2-4,11,13-14,19H,5-10,12H2,1H3,(H,18,21). The number of hydrogen-bond acceptors (Lipinski definition) is 2. The Morgan fingerprint density at radius 1 is 1.29 bits per heavy atom. The van der Waals surface area contributed by atoms with Gasteiger partial charge in [0, 0.05) is 31.0 Å². The van der Waals surface area contributed by atoms with Crippen molar-refractivity contribution in [1.82, 2.24) is 5.32 Å². The van der Waals surface area contributed by atoms with Crippen LogP contribution in [0.2, 0.25) is 0 Å². The van der Waals surface area contributed by atoms with Gasteiger partial charge in [-0.15, -0.1) is 0 Å². The molecule has 0 spiro atoms. The van der Waals surface area contributed by atoms with Gasteiger partial charge in [-0.1, -0.05) is 25.8 Å². The summed E-state index contributed by atoms with van der Waals surface area (Å²) in [4.78, 5) is 13.5. The number of rotatable bonds is 4. The smallest absolute Gasteiger partial charge is 0.321 e. The van der Waals surface area contributed by atoms with Crippen molar-refractivity contribution in [2.45, 2.75) is 32.6 Å². The van der Waals surface area contributed by atoms with Crippen molar-refractivity contribution in [3.8, 4) is 0 Å². The Balaban J connectivity index is 1.57. The summed E-state index contributed by atoms with van der Waals surface area (Å²) in [7, 11) is 0. The first kappa shape index (κ1) is 14.2. The SMILES string of the molecule is CC1CCC(CNc2cccc(N3CCNC3=O)c2)CC1. The van der Waals surface area contributed by atoms with E-state index < -0.39 is 0 Å². The maximum absolute atomic E-state index is 11.7. The van der Waals surface area contributed by atoms with Crippen molar-refractivity contribution >= 4 is 17.4 Å². The van der Waals surface area contributed by atoms with Gasteiger partial charge >= 0.3 is 6.03 Å². The van der Waals surface area contributed by atoms with Crippen LogP contribution in [-0.2, 0) is 0 Å². The summed E-state index contributed by atoms with van der Waals surface area (Å²) < 4.78 is 0. The maximum Gasteiger partial charge on any atom is 0.321 e. The summed E-state index contributed by atoms with van der Waals surface area (Å²) in [6.45, 7) is 4.89. The second-order valence-electron chi connectivity index (χ2n) is 6.44. The minimum absolute atomic E-state index is 0.00779. The molecule has 114 valence electrons. The monoisotopic (exact) mass is 287 g/mol. The zero-order chi connectivity index (χ0) is 14.7. The molecule has 4 nitrogen and oxygen atoms in total. The van der Waals surface area contributed by atoms with E-state index >= 15 is 0 Å². The molecule has 1 heterocycles. The first-order chi connectivity index (χ1) is 10.2. The average Bonchev–Trinajstić information content (AvgIpc) is 2.93. The summed E-state index contributed by atoms with van der Waals surface area (Å²) in [5.74, 6) is 1.69. The average molecular weight is 287 g/mol. The summed E-state index contributed by atoms with van der Waals surface area (Å²) in [5.41, 5.74) is 2.10. The van der Waals surface area contributed by atoms with Gasteiger partial charge in [-0.3, -0.25) is 4.90 Å². The predicted octanol–water partition coefficient (Wildman–Crippen LogP) is 3.45. The minimum atomic E-state index is 0.00779. The number of anilines is 2. The highest BCUT2D eigenvalue weighted by molar-refractivity contribution is 5.94. The molecule has 0 radical (unpaired) electrons. The van der Waals surface area contributed by atoms with Crippen LogP contribution in [0.1, 0.15) is 32.6 Å². The van der Waals surface area contributed by atoms with Crippen molar-refractivity contribution in [3.63, 3.8) is 0 Å². The topological polar surface area (TPSA) is 44.4 Å². The second-order valence-corrected chi connectivity index (χ2v) is 6.44. The van der Waals surface area contributed by atoms with Crippen LogP contribution >= 0.6 is 0 Å². The number of nitrogens with zero attached hydrogens (tertiary/aromatic N) is 1. The van der Waals surface area contributed by atoms with Crippen LogP contribution < -0.4 is 15.5 Å². The van der Waals surface area contributed by atoms with Crippen LogP contribution in [0.5, 0.6) is 0 Å². The molecule has 1 aliphatic carbocycles. The molecule has 2 aliphatic rings. The highest BCUT2D eigenvalue weighted by atomic mass is 16.2. The fourth-order valence-electron chi connectivity index (χ4n) is 3.30. The summed E-state index contributed by atoms with van der Waals surface area (Å²) in [6, 6.07) is 8.19. The molecule has 21 heavy (non-hydrogen) atoms. The molecule has 2 amide bonds. The molecular formula is C17H25N3O. The van der Waals surface area contributed by atoms with E-state index in [9.17, 15) is 4.79 Å². The summed E-state index contributed by atoms with van der Waals surface area (Å²) in [5, 5.41) is 6.39. The second kappa shape index (κ2) is 6.37. The van der Waals surface area contributed by atoms with E-state index in [0.717, 1.165) is 42.8 Å². The number of amides is 2. The molecule has 3 rings (SSSR count). The maximum atomic E-state index is 11.7. The zero-order valence-corrected chi connectivity index (χ0v) is 12.8. The van der Waals surface area contributed by atoms with Crippen LogP contribution in [0.25, 0.3) is 0 Å². The molecule has 0 bridgehead atoms. The van der Waals surface area contributed by atoms with Crippen LogP contribution in [-0.4, -0.2) is 25.7 Å². The van der Waals surface area contributed by atoms with Gasteiger partial charge in [0.1, 0.15) is 0 Å². The number of nitrogens with one attached hydrogen (secondary N) is 2. The number of hydrogen-bond donors (Lipinski definition) is 2. The Kier molecular flexibility index (Phi) is 4.32. The van der Waals surface area contributed by atoms with Crippen molar-refractivity contribution in [2.75, 3.05) is 29.9 Å². The lowest BCUT2D eigenvalue weighted by Crippen LogP contribution is -2.27. The van der Waals surface area contributed by atoms with Crippen molar-refractivity contribution < 1.29 is 4.79 Å². The van der Waals surface area contributed by atoms with Gasteiger partial charge in [-0.2, -0.15) is 0 Å². The van der Waals surface area contributed by atoms with Crippen LogP contribution in [0, 0.1) is 11.8 Å². The lowest BCUT2D eigenvalue weighted by molar-refractivity contribution is 0.252. The van der Waals surface area contributed by atoms with E-state index in [2.05, 4.69) is 29.7 Å². The van der Waals surface area contributed by atoms with E-state index in [1.807, 2.05) is 12.1 Å². The van der Waals surface area contributed by atoms with Gasteiger partial charge in [-0.25, -0.2) is 4.79 Å². The Labute approximate surface area is 126 Å². The third kappa shape index (κ3) is 3.49. The quantitative estimate of drug-likeness (QED) is 0.891.